The summed E-state index contributed by atoms with van der Waals surface area (Å²) in [5, 5.41) is 2.29. The third kappa shape index (κ3) is 4.65. The number of rotatable bonds is 7. The van der Waals surface area contributed by atoms with E-state index in [0.717, 1.165) is 6.07 Å². The number of carbonyl (C=O) groups excluding carboxylic acids is 1. The van der Waals surface area contributed by atoms with E-state index in [4.69, 9.17) is 5.73 Å². The van der Waals surface area contributed by atoms with Crippen molar-refractivity contribution in [3.8, 4) is 0 Å². The van der Waals surface area contributed by atoms with Crippen molar-refractivity contribution >= 4 is 33.2 Å². The number of benzene rings is 1. The molecule has 1 rings (SSSR count). The Balaban J connectivity index is 2.98. The molecule has 1 atom stereocenters. The molecule has 0 fully saturated rings. The van der Waals surface area contributed by atoms with E-state index < -0.39 is 32.4 Å². The molecule has 0 radical (unpaired) electrons. The van der Waals surface area contributed by atoms with Crippen LogP contribution >= 0.6 is 11.8 Å². The lowest BCUT2D eigenvalue weighted by molar-refractivity contribution is -0.117. The first-order valence-electron chi connectivity index (χ1n) is 5.97. The average molecular weight is 338 g/mol. The Morgan fingerprint density at radius 1 is 1.38 bits per heavy atom. The molecular formula is C12H16F2N2O3S2. The summed E-state index contributed by atoms with van der Waals surface area (Å²) in [7, 11) is -4.79. The Morgan fingerprint density at radius 3 is 2.57 bits per heavy atom. The molecule has 0 saturated carbocycles. The maximum Gasteiger partial charge on any atom is 0.341 e. The summed E-state index contributed by atoms with van der Waals surface area (Å²) in [4.78, 5) is 11.2. The summed E-state index contributed by atoms with van der Waals surface area (Å²) < 4.78 is 48.3. The summed E-state index contributed by atoms with van der Waals surface area (Å²) in [6, 6.07) is 4.17. The molecule has 9 heteroatoms. The summed E-state index contributed by atoms with van der Waals surface area (Å²) in [6.07, 6.45) is 2.26. The second kappa shape index (κ2) is 7.71. The van der Waals surface area contributed by atoms with E-state index in [-0.39, 0.29) is 5.69 Å². The number of sulfone groups is 1. The fourth-order valence-electron chi connectivity index (χ4n) is 1.52. The second-order valence-electron chi connectivity index (χ2n) is 4.18. The zero-order valence-corrected chi connectivity index (χ0v) is 12.9. The molecule has 0 unspecified atom stereocenters. The number of nitrogens with one attached hydrogen (secondary N) is 1. The Labute approximate surface area is 126 Å². The van der Waals surface area contributed by atoms with Crippen LogP contribution < -0.4 is 11.1 Å². The molecule has 1 aromatic rings. The molecule has 21 heavy (non-hydrogen) atoms. The minimum atomic E-state index is -4.79. The molecular weight excluding hydrogens is 322 g/mol. The number of hydrogen-bond acceptors (Lipinski definition) is 5. The van der Waals surface area contributed by atoms with Crippen molar-refractivity contribution in [2.75, 3.05) is 17.3 Å². The van der Waals surface area contributed by atoms with Crippen LogP contribution in [0.4, 0.5) is 14.5 Å². The van der Waals surface area contributed by atoms with Gasteiger partial charge in [0.25, 0.3) is 0 Å². The minimum Gasteiger partial charge on any atom is -0.324 e. The fraction of sp³-hybridized carbons (Fsp3) is 0.417. The van der Waals surface area contributed by atoms with E-state index in [1.165, 1.54) is 30.0 Å². The molecule has 0 aliphatic heterocycles. The lowest BCUT2D eigenvalue weighted by Gasteiger charge is -2.14. The average Bonchev–Trinajstić information content (AvgIpc) is 2.44. The highest BCUT2D eigenvalue weighted by atomic mass is 32.2. The predicted molar refractivity (Wildman–Crippen MR) is 79.2 cm³/mol. The number of para-hydroxylation sites is 1. The number of alkyl halides is 2. The lowest BCUT2D eigenvalue weighted by Crippen LogP contribution is -2.36. The fourth-order valence-corrected chi connectivity index (χ4v) is 2.89. The second-order valence-corrected chi connectivity index (χ2v) is 7.05. The number of carbonyl (C=O) groups is 1. The molecule has 5 nitrogen and oxygen atoms in total. The van der Waals surface area contributed by atoms with E-state index in [0.29, 0.717) is 12.2 Å². The summed E-state index contributed by atoms with van der Waals surface area (Å²) in [6.45, 7) is 0. The van der Waals surface area contributed by atoms with Crippen molar-refractivity contribution in [3.05, 3.63) is 24.3 Å². The van der Waals surface area contributed by atoms with E-state index in [1.807, 2.05) is 6.26 Å². The van der Waals surface area contributed by atoms with Gasteiger partial charge < -0.3 is 11.1 Å². The zero-order chi connectivity index (χ0) is 16.0. The van der Waals surface area contributed by atoms with Gasteiger partial charge in [-0.1, -0.05) is 12.1 Å². The lowest BCUT2D eigenvalue weighted by atomic mass is 10.2. The molecule has 1 aromatic carbocycles. The quantitative estimate of drug-likeness (QED) is 0.790. The van der Waals surface area contributed by atoms with Crippen LogP contribution in [0.2, 0.25) is 0 Å². The van der Waals surface area contributed by atoms with Gasteiger partial charge in [0.15, 0.2) is 0 Å². The summed E-state index contributed by atoms with van der Waals surface area (Å²) in [5.41, 5.74) is 5.45. The third-order valence-corrected chi connectivity index (χ3v) is 4.74. The molecule has 0 aliphatic rings. The Morgan fingerprint density at radius 2 is 2.00 bits per heavy atom. The predicted octanol–water partition coefficient (Wildman–Crippen LogP) is 1.70. The molecule has 0 aromatic heterocycles. The van der Waals surface area contributed by atoms with Gasteiger partial charge in [0.1, 0.15) is 0 Å². The number of thioether (sulfide) groups is 1. The van der Waals surface area contributed by atoms with E-state index >= 15 is 0 Å². The van der Waals surface area contributed by atoms with Gasteiger partial charge in [0.2, 0.25) is 15.7 Å². The van der Waals surface area contributed by atoms with Gasteiger partial charge in [-0.3, -0.25) is 4.79 Å². The first kappa shape index (κ1) is 17.9. The molecule has 0 aliphatic carbocycles. The number of nitrogens with two attached hydrogens (primary N) is 1. The topological polar surface area (TPSA) is 89.3 Å². The largest absolute Gasteiger partial charge is 0.341 e. The van der Waals surface area contributed by atoms with Crippen LogP contribution in [0.1, 0.15) is 6.42 Å². The molecule has 0 spiro atoms. The standard InChI is InChI=1S/C12H16F2N2O3S2/c1-20-7-6-8(15)11(17)16-9-4-2-3-5-10(9)21(18,19)12(13)14/h2-5,8,12H,6-7,15H2,1H3,(H,16,17)/t8-/m1/s1. The van der Waals surface area contributed by atoms with E-state index in [2.05, 4.69) is 5.32 Å². The molecule has 0 heterocycles. The number of hydrogen-bond donors (Lipinski definition) is 2. The summed E-state index contributed by atoms with van der Waals surface area (Å²) in [5.74, 6) is -3.51. The monoisotopic (exact) mass is 338 g/mol. The smallest absolute Gasteiger partial charge is 0.324 e. The minimum absolute atomic E-state index is 0.192. The first-order valence-corrected chi connectivity index (χ1v) is 8.91. The van der Waals surface area contributed by atoms with Crippen LogP contribution in [0, 0.1) is 0 Å². The van der Waals surface area contributed by atoms with Gasteiger partial charge in [-0.05, 0) is 30.6 Å². The molecule has 1 amide bonds. The Kier molecular flexibility index (Phi) is 6.56. The number of halogens is 2. The van der Waals surface area contributed by atoms with E-state index in [9.17, 15) is 22.0 Å². The Hall–Kier alpha value is -1.19. The number of anilines is 1. The molecule has 0 bridgehead atoms. The van der Waals surface area contributed by atoms with E-state index in [1.54, 1.807) is 0 Å². The normalized spacial score (nSPS) is 13.2. The molecule has 118 valence electrons. The van der Waals surface area contributed by atoms with Crippen LogP contribution in [-0.4, -0.2) is 38.1 Å². The van der Waals surface area contributed by atoms with Crippen LogP contribution in [0.15, 0.2) is 29.2 Å². The number of amides is 1. The zero-order valence-electron chi connectivity index (χ0n) is 11.3. The highest BCUT2D eigenvalue weighted by Crippen LogP contribution is 2.26. The van der Waals surface area contributed by atoms with Gasteiger partial charge >= 0.3 is 5.76 Å². The van der Waals surface area contributed by atoms with Crippen molar-refractivity contribution in [1.82, 2.24) is 0 Å². The molecule has 3 N–H and O–H groups in total. The van der Waals surface area contributed by atoms with Crippen molar-refractivity contribution in [2.24, 2.45) is 5.73 Å². The van der Waals surface area contributed by atoms with Crippen molar-refractivity contribution in [3.63, 3.8) is 0 Å². The van der Waals surface area contributed by atoms with Crippen LogP contribution in [0.25, 0.3) is 0 Å². The van der Waals surface area contributed by atoms with Crippen LogP contribution in [0.5, 0.6) is 0 Å². The van der Waals surface area contributed by atoms with Crippen molar-refractivity contribution in [1.29, 1.82) is 0 Å². The Bertz CT molecular complexity index is 594. The van der Waals surface area contributed by atoms with Gasteiger partial charge in [-0.25, -0.2) is 8.42 Å². The maximum absolute atomic E-state index is 12.6. The SMILES string of the molecule is CSCC[C@@H](N)C(=O)Nc1ccccc1S(=O)(=O)C(F)F. The maximum atomic E-state index is 12.6. The van der Waals surface area contributed by atoms with Gasteiger partial charge in [-0.15, -0.1) is 0 Å². The first-order chi connectivity index (χ1) is 9.80. The van der Waals surface area contributed by atoms with Gasteiger partial charge in [-0.2, -0.15) is 20.5 Å². The molecule has 0 saturated heterocycles. The third-order valence-electron chi connectivity index (χ3n) is 2.66. The van der Waals surface area contributed by atoms with Crippen molar-refractivity contribution in [2.45, 2.75) is 23.1 Å². The van der Waals surface area contributed by atoms with Crippen molar-refractivity contribution < 1.29 is 22.0 Å². The van der Waals surface area contributed by atoms with Crippen LogP contribution in [-0.2, 0) is 14.6 Å². The van der Waals surface area contributed by atoms with Gasteiger partial charge in [0.05, 0.1) is 16.6 Å². The van der Waals surface area contributed by atoms with Gasteiger partial charge in [0, 0.05) is 0 Å². The highest BCUT2D eigenvalue weighted by molar-refractivity contribution is 7.98. The highest BCUT2D eigenvalue weighted by Gasteiger charge is 2.29. The van der Waals surface area contributed by atoms with Crippen LogP contribution in [0.3, 0.4) is 0 Å². The summed E-state index contributed by atoms with van der Waals surface area (Å²) >= 11 is 1.51.